The van der Waals surface area contributed by atoms with Crippen LogP contribution in [-0.2, 0) is 4.79 Å². The largest absolute Gasteiger partial charge is 0.480 e. The predicted molar refractivity (Wildman–Crippen MR) is 37.7 cm³/mol. The van der Waals surface area contributed by atoms with Gasteiger partial charge in [-0.15, -0.1) is 11.8 Å². The third-order valence-electron chi connectivity index (χ3n) is 1.67. The third-order valence-corrected chi connectivity index (χ3v) is 3.18. The van der Waals surface area contributed by atoms with E-state index in [0.717, 1.165) is 18.6 Å². The molecule has 0 spiro atoms. The van der Waals surface area contributed by atoms with E-state index in [-0.39, 0.29) is 0 Å². The molecule has 0 saturated carbocycles. The predicted octanol–water partition coefficient (Wildman–Crippen LogP) is 1.36. The molecule has 0 aromatic heterocycles. The van der Waals surface area contributed by atoms with Gasteiger partial charge < -0.3 is 5.11 Å². The molecule has 0 unspecified atom stereocenters. The fourth-order valence-electron chi connectivity index (χ4n) is 0.948. The fourth-order valence-corrected chi connectivity index (χ4v) is 2.10. The molecular formula is C6H10O2S. The Hall–Kier alpha value is -0.180. The quantitative estimate of drug-likeness (QED) is 0.607. The van der Waals surface area contributed by atoms with Crippen molar-refractivity contribution in [3.8, 4) is 0 Å². The van der Waals surface area contributed by atoms with Crippen LogP contribution in [0.1, 0.15) is 19.8 Å². The van der Waals surface area contributed by atoms with Crippen LogP contribution in [0.2, 0.25) is 0 Å². The zero-order valence-corrected chi connectivity index (χ0v) is 6.20. The summed E-state index contributed by atoms with van der Waals surface area (Å²) >= 11 is 1.55. The Bertz CT molecular complexity index is 127. The highest BCUT2D eigenvalue weighted by atomic mass is 32.2. The molecule has 0 amide bonds. The number of hydrogen-bond acceptors (Lipinski definition) is 2. The van der Waals surface area contributed by atoms with Gasteiger partial charge in [0.2, 0.25) is 0 Å². The first kappa shape index (κ1) is 6.93. The minimum absolute atomic E-state index is 0.472. The first-order valence-electron chi connectivity index (χ1n) is 3.02. The average molecular weight is 146 g/mol. The first-order chi connectivity index (χ1) is 4.15. The number of carboxylic acid groups (broad SMARTS) is 1. The average Bonchev–Trinajstić information content (AvgIpc) is 2.16. The Balaban J connectivity index is 2.61. The maximum atomic E-state index is 10.5. The van der Waals surface area contributed by atoms with Crippen molar-refractivity contribution in [2.24, 2.45) is 0 Å². The summed E-state index contributed by atoms with van der Waals surface area (Å²) in [6.45, 7) is 1.80. The lowest BCUT2D eigenvalue weighted by Crippen LogP contribution is -2.27. The van der Waals surface area contributed by atoms with Crippen LogP contribution in [0.3, 0.4) is 0 Å². The molecule has 3 heteroatoms. The van der Waals surface area contributed by atoms with Crippen LogP contribution in [0, 0.1) is 0 Å². The summed E-state index contributed by atoms with van der Waals surface area (Å²) in [5.41, 5.74) is 0. The second kappa shape index (κ2) is 2.21. The maximum Gasteiger partial charge on any atom is 0.319 e. The molecular weight excluding hydrogens is 136 g/mol. The van der Waals surface area contributed by atoms with Crippen molar-refractivity contribution in [2.75, 3.05) is 5.75 Å². The molecule has 1 heterocycles. The van der Waals surface area contributed by atoms with Gasteiger partial charge in [0, 0.05) is 0 Å². The molecule has 0 bridgehead atoms. The number of carboxylic acids is 1. The van der Waals surface area contributed by atoms with Gasteiger partial charge in [0.25, 0.3) is 0 Å². The summed E-state index contributed by atoms with van der Waals surface area (Å²) in [7, 11) is 0. The van der Waals surface area contributed by atoms with Gasteiger partial charge >= 0.3 is 5.97 Å². The summed E-state index contributed by atoms with van der Waals surface area (Å²) in [6, 6.07) is 0. The Morgan fingerprint density at radius 1 is 1.78 bits per heavy atom. The van der Waals surface area contributed by atoms with E-state index in [1.54, 1.807) is 18.7 Å². The van der Waals surface area contributed by atoms with Crippen LogP contribution in [0.4, 0.5) is 0 Å². The van der Waals surface area contributed by atoms with Crippen LogP contribution in [-0.4, -0.2) is 21.6 Å². The van der Waals surface area contributed by atoms with Gasteiger partial charge in [0.1, 0.15) is 4.75 Å². The summed E-state index contributed by atoms with van der Waals surface area (Å²) in [5.74, 6) is 0.341. The highest BCUT2D eigenvalue weighted by Gasteiger charge is 2.36. The van der Waals surface area contributed by atoms with Crippen LogP contribution in [0.15, 0.2) is 0 Å². The number of rotatable bonds is 1. The fraction of sp³-hybridized carbons (Fsp3) is 0.833. The number of hydrogen-bond donors (Lipinski definition) is 1. The maximum absolute atomic E-state index is 10.5. The smallest absolute Gasteiger partial charge is 0.319 e. The molecule has 0 aromatic rings. The third kappa shape index (κ3) is 1.21. The molecule has 1 aliphatic rings. The lowest BCUT2D eigenvalue weighted by atomic mass is 10.1. The summed E-state index contributed by atoms with van der Waals surface area (Å²) in [6.07, 6.45) is 1.88. The monoisotopic (exact) mass is 146 g/mol. The van der Waals surface area contributed by atoms with E-state index in [1.165, 1.54) is 0 Å². The second-order valence-corrected chi connectivity index (χ2v) is 4.09. The Morgan fingerprint density at radius 2 is 2.44 bits per heavy atom. The summed E-state index contributed by atoms with van der Waals surface area (Å²) in [4.78, 5) is 10.5. The van der Waals surface area contributed by atoms with Crippen molar-refractivity contribution < 1.29 is 9.90 Å². The van der Waals surface area contributed by atoms with Gasteiger partial charge in [-0.1, -0.05) is 0 Å². The molecule has 1 aliphatic heterocycles. The van der Waals surface area contributed by atoms with E-state index in [1.807, 2.05) is 0 Å². The standard InChI is InChI=1S/C6H10O2S/c1-6(5(7)8)3-2-4-9-6/h2-4H2,1H3,(H,7,8)/t6-/m1/s1. The van der Waals surface area contributed by atoms with Gasteiger partial charge in [-0.05, 0) is 25.5 Å². The van der Waals surface area contributed by atoms with Crippen molar-refractivity contribution in [1.29, 1.82) is 0 Å². The minimum atomic E-state index is -0.662. The Kier molecular flexibility index (Phi) is 1.70. The topological polar surface area (TPSA) is 37.3 Å². The number of thioether (sulfide) groups is 1. The van der Waals surface area contributed by atoms with Gasteiger partial charge in [0.15, 0.2) is 0 Å². The van der Waals surface area contributed by atoms with E-state index < -0.39 is 10.7 Å². The normalized spacial score (nSPS) is 34.8. The van der Waals surface area contributed by atoms with E-state index >= 15 is 0 Å². The Morgan fingerprint density at radius 3 is 2.67 bits per heavy atom. The highest BCUT2D eigenvalue weighted by Crippen LogP contribution is 2.37. The molecule has 9 heavy (non-hydrogen) atoms. The molecule has 1 saturated heterocycles. The van der Waals surface area contributed by atoms with Gasteiger partial charge in [-0.25, -0.2) is 0 Å². The number of carbonyl (C=O) groups is 1. The van der Waals surface area contributed by atoms with Crippen molar-refractivity contribution >= 4 is 17.7 Å². The second-order valence-electron chi connectivity index (χ2n) is 2.49. The number of aliphatic carboxylic acids is 1. The van der Waals surface area contributed by atoms with E-state index in [2.05, 4.69) is 0 Å². The molecule has 1 N–H and O–H groups in total. The lowest BCUT2D eigenvalue weighted by molar-refractivity contribution is -0.139. The molecule has 1 fully saturated rings. The SMILES string of the molecule is C[C@]1(C(=O)O)CCCS1. The molecule has 0 radical (unpaired) electrons. The molecule has 2 nitrogen and oxygen atoms in total. The van der Waals surface area contributed by atoms with Crippen LogP contribution in [0.5, 0.6) is 0 Å². The zero-order chi connectivity index (χ0) is 6.91. The minimum Gasteiger partial charge on any atom is -0.480 e. The van der Waals surface area contributed by atoms with E-state index in [0.29, 0.717) is 0 Å². The van der Waals surface area contributed by atoms with Gasteiger partial charge in [-0.2, -0.15) is 0 Å². The van der Waals surface area contributed by atoms with Crippen LogP contribution >= 0.6 is 11.8 Å². The van der Waals surface area contributed by atoms with E-state index in [4.69, 9.17) is 5.11 Å². The zero-order valence-electron chi connectivity index (χ0n) is 5.39. The Labute approximate surface area is 58.6 Å². The van der Waals surface area contributed by atoms with Crippen molar-refractivity contribution in [2.45, 2.75) is 24.5 Å². The van der Waals surface area contributed by atoms with Gasteiger partial charge in [-0.3, -0.25) is 4.79 Å². The van der Waals surface area contributed by atoms with Crippen molar-refractivity contribution in [3.05, 3.63) is 0 Å². The lowest BCUT2D eigenvalue weighted by Gasteiger charge is -2.14. The molecule has 52 valence electrons. The first-order valence-corrected chi connectivity index (χ1v) is 4.01. The highest BCUT2D eigenvalue weighted by molar-refractivity contribution is 8.01. The van der Waals surface area contributed by atoms with Gasteiger partial charge in [0.05, 0.1) is 0 Å². The van der Waals surface area contributed by atoms with E-state index in [9.17, 15) is 4.79 Å². The van der Waals surface area contributed by atoms with Crippen molar-refractivity contribution in [1.82, 2.24) is 0 Å². The summed E-state index contributed by atoms with van der Waals surface area (Å²) < 4.78 is -0.472. The molecule has 0 aliphatic carbocycles. The van der Waals surface area contributed by atoms with Crippen molar-refractivity contribution in [3.63, 3.8) is 0 Å². The molecule has 1 rings (SSSR count). The molecule has 1 atom stereocenters. The summed E-state index contributed by atoms with van der Waals surface area (Å²) in [5, 5.41) is 8.65. The molecule has 0 aromatic carbocycles. The van der Waals surface area contributed by atoms with Crippen LogP contribution in [0.25, 0.3) is 0 Å². The van der Waals surface area contributed by atoms with Crippen LogP contribution < -0.4 is 0 Å².